The summed E-state index contributed by atoms with van der Waals surface area (Å²) in [7, 11) is -0.725. The van der Waals surface area contributed by atoms with Crippen molar-refractivity contribution in [1.29, 1.82) is 0 Å². The van der Waals surface area contributed by atoms with Crippen LogP contribution in [0.5, 0.6) is 0 Å². The van der Waals surface area contributed by atoms with Gasteiger partial charge in [-0.2, -0.15) is 0 Å². The Hall–Kier alpha value is -0.420. The van der Waals surface area contributed by atoms with Gasteiger partial charge in [-0.3, -0.25) is 9.00 Å². The Kier molecular flexibility index (Phi) is 7.70. The fourth-order valence-corrected chi connectivity index (χ4v) is 1.62. The van der Waals surface area contributed by atoms with Crippen LogP contribution in [0, 0.1) is 0 Å². The molecule has 2 unspecified atom stereocenters. The van der Waals surface area contributed by atoms with E-state index in [1.165, 1.54) is 0 Å². The summed E-state index contributed by atoms with van der Waals surface area (Å²) in [5, 5.41) is 11.6. The molecule has 2 N–H and O–H groups in total. The van der Waals surface area contributed by atoms with Crippen molar-refractivity contribution in [2.75, 3.05) is 18.6 Å². The van der Waals surface area contributed by atoms with E-state index in [1.54, 1.807) is 6.26 Å². The van der Waals surface area contributed by atoms with Crippen LogP contribution in [0.1, 0.15) is 26.2 Å². The minimum Gasteiger partial charge on any atom is -0.481 e. The Morgan fingerprint density at radius 3 is 2.71 bits per heavy atom. The smallest absolute Gasteiger partial charge is 0.303 e. The first-order valence-corrected chi connectivity index (χ1v) is 6.50. The molecule has 0 heterocycles. The first-order valence-electron chi connectivity index (χ1n) is 4.77. The van der Waals surface area contributed by atoms with Crippen LogP contribution in [-0.4, -0.2) is 39.9 Å². The molecular formula is C9H19NO3S. The molecule has 14 heavy (non-hydrogen) atoms. The quantitative estimate of drug-likeness (QED) is 0.589. The Labute approximate surface area is 87.5 Å². The molecule has 0 rings (SSSR count). The zero-order chi connectivity index (χ0) is 11.0. The molecule has 0 saturated carbocycles. The summed E-state index contributed by atoms with van der Waals surface area (Å²) in [6.45, 7) is 2.77. The summed E-state index contributed by atoms with van der Waals surface area (Å²) in [6.07, 6.45) is 3.41. The summed E-state index contributed by atoms with van der Waals surface area (Å²) < 4.78 is 10.7. The fraction of sp³-hybridized carbons (Fsp3) is 0.889. The van der Waals surface area contributed by atoms with Gasteiger partial charge in [0.05, 0.1) is 0 Å². The standard InChI is InChI=1S/C9H19NO3S/c1-8(4-5-9(11)12)10-6-3-7-14(2)13/h8,10H,3-7H2,1-2H3,(H,11,12). The minimum absolute atomic E-state index is 0.202. The van der Waals surface area contributed by atoms with E-state index < -0.39 is 16.8 Å². The van der Waals surface area contributed by atoms with Gasteiger partial charge < -0.3 is 10.4 Å². The molecule has 0 aromatic rings. The van der Waals surface area contributed by atoms with Crippen molar-refractivity contribution in [2.45, 2.75) is 32.2 Å². The van der Waals surface area contributed by atoms with E-state index in [4.69, 9.17) is 5.11 Å². The number of carbonyl (C=O) groups is 1. The molecule has 0 amide bonds. The van der Waals surface area contributed by atoms with Crippen LogP contribution in [0.15, 0.2) is 0 Å². The van der Waals surface area contributed by atoms with Crippen LogP contribution in [0.25, 0.3) is 0 Å². The maximum atomic E-state index is 10.7. The number of hydrogen-bond acceptors (Lipinski definition) is 3. The Morgan fingerprint density at radius 2 is 2.21 bits per heavy atom. The third-order valence-corrected chi connectivity index (χ3v) is 2.76. The second-order valence-electron chi connectivity index (χ2n) is 3.42. The van der Waals surface area contributed by atoms with Crippen molar-refractivity contribution in [3.63, 3.8) is 0 Å². The van der Waals surface area contributed by atoms with Crippen molar-refractivity contribution in [3.8, 4) is 0 Å². The lowest BCUT2D eigenvalue weighted by atomic mass is 10.2. The topological polar surface area (TPSA) is 66.4 Å². The van der Waals surface area contributed by atoms with Crippen LogP contribution in [0.4, 0.5) is 0 Å². The predicted molar refractivity (Wildman–Crippen MR) is 57.9 cm³/mol. The average molecular weight is 221 g/mol. The second kappa shape index (κ2) is 7.94. The summed E-state index contributed by atoms with van der Waals surface area (Å²) in [4.78, 5) is 10.3. The third-order valence-electron chi connectivity index (χ3n) is 1.89. The molecule has 0 aliphatic heterocycles. The molecular weight excluding hydrogens is 202 g/mol. The van der Waals surface area contributed by atoms with E-state index in [1.807, 2.05) is 6.92 Å². The van der Waals surface area contributed by atoms with Gasteiger partial charge in [0, 0.05) is 35.3 Å². The van der Waals surface area contributed by atoms with Gasteiger partial charge in [0.2, 0.25) is 0 Å². The third kappa shape index (κ3) is 9.67. The van der Waals surface area contributed by atoms with Crippen molar-refractivity contribution < 1.29 is 14.1 Å². The highest BCUT2D eigenvalue weighted by atomic mass is 32.2. The van der Waals surface area contributed by atoms with Crippen molar-refractivity contribution in [2.24, 2.45) is 0 Å². The second-order valence-corrected chi connectivity index (χ2v) is 4.97. The molecule has 0 radical (unpaired) electrons. The van der Waals surface area contributed by atoms with Crippen LogP contribution >= 0.6 is 0 Å². The summed E-state index contributed by atoms with van der Waals surface area (Å²) in [5.41, 5.74) is 0. The van der Waals surface area contributed by atoms with Gasteiger partial charge in [-0.25, -0.2) is 0 Å². The van der Waals surface area contributed by atoms with Gasteiger partial charge in [-0.15, -0.1) is 0 Å². The lowest BCUT2D eigenvalue weighted by Gasteiger charge is -2.11. The maximum absolute atomic E-state index is 10.7. The Morgan fingerprint density at radius 1 is 1.57 bits per heavy atom. The van der Waals surface area contributed by atoms with Crippen LogP contribution in [0.2, 0.25) is 0 Å². The summed E-state index contributed by atoms with van der Waals surface area (Å²) in [6, 6.07) is 0.219. The molecule has 0 aromatic carbocycles. The highest BCUT2D eigenvalue weighted by molar-refractivity contribution is 7.84. The molecule has 0 spiro atoms. The fourth-order valence-electron chi connectivity index (χ4n) is 1.07. The van der Waals surface area contributed by atoms with Crippen LogP contribution in [-0.2, 0) is 15.6 Å². The molecule has 84 valence electrons. The lowest BCUT2D eigenvalue weighted by Crippen LogP contribution is -2.28. The zero-order valence-corrected chi connectivity index (χ0v) is 9.60. The molecule has 0 fully saturated rings. The number of carboxylic acid groups (broad SMARTS) is 1. The van der Waals surface area contributed by atoms with Crippen molar-refractivity contribution >= 4 is 16.8 Å². The van der Waals surface area contributed by atoms with E-state index in [-0.39, 0.29) is 12.5 Å². The molecule has 0 bridgehead atoms. The van der Waals surface area contributed by atoms with E-state index in [0.717, 1.165) is 13.0 Å². The van der Waals surface area contributed by atoms with Crippen LogP contribution < -0.4 is 5.32 Å². The van der Waals surface area contributed by atoms with Gasteiger partial charge in [0.15, 0.2) is 0 Å². The predicted octanol–water partition coefficient (Wildman–Crippen LogP) is 0.598. The first kappa shape index (κ1) is 13.6. The van der Waals surface area contributed by atoms with Gasteiger partial charge in [-0.1, -0.05) is 0 Å². The maximum Gasteiger partial charge on any atom is 0.303 e. The molecule has 0 aliphatic carbocycles. The number of carboxylic acids is 1. The molecule has 2 atom stereocenters. The minimum atomic E-state index is -0.756. The normalized spacial score (nSPS) is 15.0. The Bertz CT molecular complexity index is 196. The molecule has 0 aromatic heterocycles. The van der Waals surface area contributed by atoms with Crippen molar-refractivity contribution in [1.82, 2.24) is 5.32 Å². The molecule has 0 saturated heterocycles. The molecule has 4 nitrogen and oxygen atoms in total. The lowest BCUT2D eigenvalue weighted by molar-refractivity contribution is -0.137. The number of nitrogens with one attached hydrogen (secondary N) is 1. The van der Waals surface area contributed by atoms with Gasteiger partial charge in [0.25, 0.3) is 0 Å². The average Bonchev–Trinajstić information content (AvgIpc) is 2.08. The van der Waals surface area contributed by atoms with Gasteiger partial charge in [0.1, 0.15) is 0 Å². The summed E-state index contributed by atoms with van der Waals surface area (Å²) in [5.74, 6) is -0.0492. The first-order chi connectivity index (χ1) is 6.52. The highest BCUT2D eigenvalue weighted by Gasteiger charge is 2.04. The van der Waals surface area contributed by atoms with E-state index in [0.29, 0.717) is 12.2 Å². The van der Waals surface area contributed by atoms with E-state index in [9.17, 15) is 9.00 Å². The monoisotopic (exact) mass is 221 g/mol. The van der Waals surface area contributed by atoms with Gasteiger partial charge >= 0.3 is 5.97 Å². The summed E-state index contributed by atoms with van der Waals surface area (Å²) >= 11 is 0. The number of rotatable bonds is 8. The number of aliphatic carboxylic acids is 1. The molecule has 0 aliphatic rings. The van der Waals surface area contributed by atoms with Crippen molar-refractivity contribution in [3.05, 3.63) is 0 Å². The zero-order valence-electron chi connectivity index (χ0n) is 8.78. The van der Waals surface area contributed by atoms with Crippen LogP contribution in [0.3, 0.4) is 0 Å². The number of hydrogen-bond donors (Lipinski definition) is 2. The van der Waals surface area contributed by atoms with E-state index >= 15 is 0 Å². The largest absolute Gasteiger partial charge is 0.481 e. The van der Waals surface area contributed by atoms with Gasteiger partial charge in [-0.05, 0) is 26.3 Å². The Balaban J connectivity index is 3.30. The van der Waals surface area contributed by atoms with E-state index in [2.05, 4.69) is 5.32 Å². The SMILES string of the molecule is CC(CCC(=O)O)NCCCS(C)=O. The highest BCUT2D eigenvalue weighted by Crippen LogP contribution is 1.96. The molecule has 5 heteroatoms.